The molecule has 0 unspecified atom stereocenters. The topological polar surface area (TPSA) is 99.1 Å². The Bertz CT molecular complexity index is 466. The molecule has 0 saturated heterocycles. The normalized spacial score (nSPS) is 10.5. The molecule has 0 aliphatic heterocycles. The maximum absolute atomic E-state index is 12.3. The zero-order valence-electron chi connectivity index (χ0n) is 7.49. The Morgan fingerprint density at radius 1 is 1.62 bits per heavy atom. The van der Waals surface area contributed by atoms with Gasteiger partial charge in [-0.05, 0) is 28.7 Å². The summed E-state index contributed by atoms with van der Waals surface area (Å²) in [4.78, 5) is 23.9. The van der Waals surface area contributed by atoms with Gasteiger partial charge < -0.3 is 5.73 Å². The molecular formula is C7H4F2IN3O3. The molecule has 0 atom stereocenters. The second-order valence-electron chi connectivity index (χ2n) is 2.66. The van der Waals surface area contributed by atoms with Gasteiger partial charge in [-0.15, -0.1) is 0 Å². The van der Waals surface area contributed by atoms with E-state index in [1.807, 2.05) is 0 Å². The number of alkyl halides is 2. The lowest BCUT2D eigenvalue weighted by Crippen LogP contribution is -2.16. The van der Waals surface area contributed by atoms with Crippen molar-refractivity contribution in [1.82, 2.24) is 4.98 Å². The zero-order valence-corrected chi connectivity index (χ0v) is 9.64. The Kier molecular flexibility index (Phi) is 3.67. The van der Waals surface area contributed by atoms with E-state index in [4.69, 9.17) is 5.73 Å². The van der Waals surface area contributed by atoms with Crippen LogP contribution >= 0.6 is 22.6 Å². The van der Waals surface area contributed by atoms with Crippen LogP contribution in [0.2, 0.25) is 0 Å². The van der Waals surface area contributed by atoms with Crippen molar-refractivity contribution in [2.24, 2.45) is 5.73 Å². The van der Waals surface area contributed by atoms with Gasteiger partial charge in [-0.1, -0.05) is 0 Å². The van der Waals surface area contributed by atoms with E-state index in [0.29, 0.717) is 6.07 Å². The van der Waals surface area contributed by atoms with Gasteiger partial charge in [0.05, 0.1) is 4.92 Å². The first-order chi connectivity index (χ1) is 7.34. The molecule has 1 heterocycles. The molecule has 6 nitrogen and oxygen atoms in total. The lowest BCUT2D eigenvalue weighted by Gasteiger charge is -2.04. The van der Waals surface area contributed by atoms with Gasteiger partial charge in [0.2, 0.25) is 0 Å². The van der Waals surface area contributed by atoms with Crippen molar-refractivity contribution >= 4 is 34.2 Å². The largest absolute Gasteiger partial charge is 0.365 e. The molecular weight excluding hydrogens is 339 g/mol. The number of primary amides is 1. The van der Waals surface area contributed by atoms with Crippen LogP contribution in [0, 0.1) is 13.8 Å². The van der Waals surface area contributed by atoms with Gasteiger partial charge in [-0.3, -0.25) is 14.9 Å². The number of aromatic nitrogens is 1. The van der Waals surface area contributed by atoms with Gasteiger partial charge in [-0.2, -0.15) is 0 Å². The molecule has 0 aliphatic carbocycles. The number of halogens is 3. The van der Waals surface area contributed by atoms with Crippen LogP contribution in [0.1, 0.15) is 22.5 Å². The number of nitrogens with zero attached hydrogens (tertiary/aromatic N) is 2. The van der Waals surface area contributed by atoms with Crippen molar-refractivity contribution in [3.8, 4) is 0 Å². The van der Waals surface area contributed by atoms with E-state index in [-0.39, 0.29) is 3.70 Å². The van der Waals surface area contributed by atoms with Crippen LogP contribution in [0.4, 0.5) is 14.5 Å². The summed E-state index contributed by atoms with van der Waals surface area (Å²) in [5.41, 5.74) is 2.93. The predicted molar refractivity (Wildman–Crippen MR) is 57.1 cm³/mol. The van der Waals surface area contributed by atoms with Crippen LogP contribution in [0.3, 0.4) is 0 Å². The molecule has 1 amide bonds. The summed E-state index contributed by atoms with van der Waals surface area (Å²) < 4.78 is 24.4. The lowest BCUT2D eigenvalue weighted by molar-refractivity contribution is -0.386. The Morgan fingerprint density at radius 2 is 2.19 bits per heavy atom. The van der Waals surface area contributed by atoms with Crippen molar-refractivity contribution in [2.75, 3.05) is 0 Å². The average Bonchev–Trinajstić information content (AvgIpc) is 2.15. The second-order valence-corrected chi connectivity index (χ2v) is 3.68. The molecule has 0 bridgehead atoms. The standard InChI is InChI=1S/C7H4F2IN3O3/c8-5(9)3-1-2(7(11)14)4(13(15)16)6(10)12-3/h1,5H,(H2,11,14). The molecule has 16 heavy (non-hydrogen) atoms. The molecule has 2 N–H and O–H groups in total. The van der Waals surface area contributed by atoms with Gasteiger partial charge in [-0.25, -0.2) is 13.8 Å². The summed E-state index contributed by atoms with van der Waals surface area (Å²) in [7, 11) is 0. The smallest absolute Gasteiger partial charge is 0.313 e. The molecule has 0 spiro atoms. The number of carbonyl (C=O) groups is 1. The summed E-state index contributed by atoms with van der Waals surface area (Å²) in [6, 6.07) is 0.632. The highest BCUT2D eigenvalue weighted by atomic mass is 127. The zero-order chi connectivity index (χ0) is 12.5. The summed E-state index contributed by atoms with van der Waals surface area (Å²) in [5.74, 6) is -1.14. The fourth-order valence-corrected chi connectivity index (χ4v) is 1.77. The van der Waals surface area contributed by atoms with Crippen molar-refractivity contribution in [2.45, 2.75) is 6.43 Å². The molecule has 0 saturated carbocycles. The first-order valence-electron chi connectivity index (χ1n) is 3.77. The van der Waals surface area contributed by atoms with Crippen LogP contribution in [0.5, 0.6) is 0 Å². The number of amides is 1. The van der Waals surface area contributed by atoms with Gasteiger partial charge in [0.15, 0.2) is 3.70 Å². The third kappa shape index (κ3) is 2.40. The van der Waals surface area contributed by atoms with Crippen LogP contribution in [-0.4, -0.2) is 15.8 Å². The fraction of sp³-hybridized carbons (Fsp3) is 0.143. The van der Waals surface area contributed by atoms with E-state index < -0.39 is 34.2 Å². The summed E-state index contributed by atoms with van der Waals surface area (Å²) in [6.45, 7) is 0. The number of hydrogen-bond acceptors (Lipinski definition) is 4. The highest BCUT2D eigenvalue weighted by Crippen LogP contribution is 2.28. The molecule has 1 aromatic rings. The first kappa shape index (κ1) is 12.7. The Hall–Kier alpha value is -1.39. The van der Waals surface area contributed by atoms with Gasteiger partial charge in [0, 0.05) is 0 Å². The fourth-order valence-electron chi connectivity index (χ4n) is 0.999. The molecule has 0 aromatic carbocycles. The van der Waals surface area contributed by atoms with Crippen LogP contribution in [-0.2, 0) is 0 Å². The van der Waals surface area contributed by atoms with Crippen molar-refractivity contribution in [1.29, 1.82) is 0 Å². The molecule has 1 rings (SSSR count). The highest BCUT2D eigenvalue weighted by molar-refractivity contribution is 14.1. The number of nitro groups is 1. The summed E-state index contributed by atoms with van der Waals surface area (Å²) in [5, 5.41) is 10.6. The van der Waals surface area contributed by atoms with E-state index in [1.54, 1.807) is 0 Å². The van der Waals surface area contributed by atoms with Crippen LogP contribution in [0.15, 0.2) is 6.07 Å². The van der Waals surface area contributed by atoms with E-state index in [0.717, 1.165) is 0 Å². The predicted octanol–water partition coefficient (Wildman–Crippen LogP) is 1.63. The molecule has 1 aromatic heterocycles. The van der Waals surface area contributed by atoms with Gasteiger partial charge >= 0.3 is 5.69 Å². The van der Waals surface area contributed by atoms with E-state index in [9.17, 15) is 23.7 Å². The molecule has 0 radical (unpaired) electrons. The van der Waals surface area contributed by atoms with Crippen molar-refractivity contribution < 1.29 is 18.5 Å². The summed E-state index contributed by atoms with van der Waals surface area (Å²) in [6.07, 6.45) is -2.92. The monoisotopic (exact) mass is 343 g/mol. The maximum Gasteiger partial charge on any atom is 0.313 e. The van der Waals surface area contributed by atoms with Crippen molar-refractivity contribution in [3.63, 3.8) is 0 Å². The lowest BCUT2D eigenvalue weighted by atomic mass is 10.2. The number of nitrogens with two attached hydrogens (primary N) is 1. The SMILES string of the molecule is NC(=O)c1cc(C(F)F)nc(I)c1[N+](=O)[O-]. The van der Waals surface area contributed by atoms with Gasteiger partial charge in [0.25, 0.3) is 12.3 Å². The average molecular weight is 343 g/mol. The number of pyridine rings is 1. The Labute approximate surface area is 101 Å². The number of rotatable bonds is 3. The quantitative estimate of drug-likeness (QED) is 0.390. The second kappa shape index (κ2) is 4.63. The molecule has 0 aliphatic rings. The van der Waals surface area contributed by atoms with Crippen LogP contribution in [0.25, 0.3) is 0 Å². The van der Waals surface area contributed by atoms with Gasteiger partial charge in [0.1, 0.15) is 11.3 Å². The summed E-state index contributed by atoms with van der Waals surface area (Å²) >= 11 is 1.40. The Morgan fingerprint density at radius 3 is 2.56 bits per heavy atom. The molecule has 86 valence electrons. The first-order valence-corrected chi connectivity index (χ1v) is 4.85. The molecule has 9 heteroatoms. The minimum Gasteiger partial charge on any atom is -0.365 e. The minimum atomic E-state index is -2.92. The molecule has 0 fully saturated rings. The van der Waals surface area contributed by atoms with E-state index in [2.05, 4.69) is 4.98 Å². The van der Waals surface area contributed by atoms with E-state index in [1.165, 1.54) is 22.6 Å². The third-order valence-electron chi connectivity index (χ3n) is 1.64. The number of carbonyl (C=O) groups excluding carboxylic acids is 1. The van der Waals surface area contributed by atoms with Crippen LogP contribution < -0.4 is 5.73 Å². The maximum atomic E-state index is 12.3. The minimum absolute atomic E-state index is 0.297. The third-order valence-corrected chi connectivity index (χ3v) is 2.39. The Balaban J connectivity index is 3.52. The van der Waals surface area contributed by atoms with Crippen molar-refractivity contribution in [3.05, 3.63) is 31.1 Å². The van der Waals surface area contributed by atoms with E-state index >= 15 is 0 Å². The number of hydrogen-bond donors (Lipinski definition) is 1. The highest BCUT2D eigenvalue weighted by Gasteiger charge is 2.26.